The first-order valence-electron chi connectivity index (χ1n) is 7.75. The second-order valence-corrected chi connectivity index (χ2v) is 5.70. The molecule has 0 unspecified atom stereocenters. The first-order chi connectivity index (χ1) is 11.6. The van der Waals surface area contributed by atoms with Gasteiger partial charge in [0.25, 0.3) is 0 Å². The van der Waals surface area contributed by atoms with Crippen molar-refractivity contribution in [2.75, 3.05) is 14.2 Å². The van der Waals surface area contributed by atoms with Gasteiger partial charge in [-0.3, -0.25) is 0 Å². The summed E-state index contributed by atoms with van der Waals surface area (Å²) < 4.78 is 15.3. The Bertz CT molecular complexity index is 726. The van der Waals surface area contributed by atoms with Crippen LogP contribution in [0.1, 0.15) is 39.3 Å². The topological polar surface area (TPSA) is 77.8 Å². The van der Waals surface area contributed by atoms with E-state index in [0.29, 0.717) is 23.9 Å². The molecule has 0 radical (unpaired) electrons. The highest BCUT2D eigenvalue weighted by Crippen LogP contribution is 2.26. The van der Waals surface area contributed by atoms with E-state index in [1.54, 1.807) is 12.1 Å². The van der Waals surface area contributed by atoms with Crippen molar-refractivity contribution in [2.45, 2.75) is 25.4 Å². The van der Waals surface area contributed by atoms with E-state index in [2.05, 4.69) is 5.32 Å². The molecule has 24 heavy (non-hydrogen) atoms. The largest absolute Gasteiger partial charge is 0.465 e. The Hall–Kier alpha value is -2.60. The molecule has 1 aromatic heterocycles. The summed E-state index contributed by atoms with van der Waals surface area (Å²) in [5, 5.41) is 3.37. The van der Waals surface area contributed by atoms with Crippen LogP contribution >= 0.6 is 0 Å². The molecular formula is C18H19NO5. The second-order valence-electron chi connectivity index (χ2n) is 5.70. The molecule has 3 rings (SSSR count). The lowest BCUT2D eigenvalue weighted by Crippen LogP contribution is -2.14. The number of carbonyl (C=O) groups is 2. The van der Waals surface area contributed by atoms with Crippen LogP contribution in [0.5, 0.6) is 0 Å². The number of carbonyl (C=O) groups excluding carboxylic acids is 2. The van der Waals surface area contributed by atoms with Crippen LogP contribution in [0, 0.1) is 0 Å². The Morgan fingerprint density at radius 1 is 1.08 bits per heavy atom. The van der Waals surface area contributed by atoms with Crippen molar-refractivity contribution in [3.05, 3.63) is 47.2 Å². The summed E-state index contributed by atoms with van der Waals surface area (Å²) >= 11 is 0. The summed E-state index contributed by atoms with van der Waals surface area (Å²) in [4.78, 5) is 23.7. The zero-order valence-corrected chi connectivity index (χ0v) is 13.6. The van der Waals surface area contributed by atoms with Gasteiger partial charge in [0.1, 0.15) is 11.5 Å². The fourth-order valence-corrected chi connectivity index (χ4v) is 2.40. The molecule has 0 atom stereocenters. The van der Waals surface area contributed by atoms with E-state index in [1.165, 1.54) is 33.1 Å². The Labute approximate surface area is 139 Å². The minimum absolute atomic E-state index is 0.268. The molecule has 1 heterocycles. The van der Waals surface area contributed by atoms with E-state index in [1.807, 2.05) is 12.1 Å². The van der Waals surface area contributed by atoms with Gasteiger partial charge in [0.05, 0.1) is 31.9 Å². The summed E-state index contributed by atoms with van der Waals surface area (Å²) in [6, 6.07) is 9.01. The Balaban J connectivity index is 1.90. The maximum atomic E-state index is 11.8. The SMILES string of the molecule is COC(=O)c1cc(C(=O)OC)cc(-c2ccc(CNC3CC3)o2)c1. The molecule has 0 amide bonds. The first-order valence-corrected chi connectivity index (χ1v) is 7.75. The highest BCUT2D eigenvalue weighted by molar-refractivity contribution is 5.97. The number of benzene rings is 1. The van der Waals surface area contributed by atoms with E-state index in [0.717, 1.165) is 5.76 Å². The number of methoxy groups -OCH3 is 2. The molecule has 1 aliphatic carbocycles. The van der Waals surface area contributed by atoms with Crippen molar-refractivity contribution in [3.8, 4) is 11.3 Å². The normalized spacial score (nSPS) is 13.6. The number of rotatable bonds is 6. The summed E-state index contributed by atoms with van der Waals surface area (Å²) in [5.74, 6) is 0.340. The molecule has 1 saturated carbocycles. The molecule has 1 N–H and O–H groups in total. The Morgan fingerprint density at radius 3 is 2.25 bits per heavy atom. The summed E-state index contributed by atoms with van der Waals surface area (Å²) in [6.45, 7) is 0.658. The van der Waals surface area contributed by atoms with Crippen molar-refractivity contribution < 1.29 is 23.5 Å². The predicted octanol–water partition coefficient (Wildman–Crippen LogP) is 2.77. The average Bonchev–Trinajstić information content (AvgIpc) is 3.33. The van der Waals surface area contributed by atoms with Crippen LogP contribution < -0.4 is 5.32 Å². The minimum Gasteiger partial charge on any atom is -0.465 e. The third kappa shape index (κ3) is 3.65. The molecule has 1 aliphatic rings. The van der Waals surface area contributed by atoms with Crippen molar-refractivity contribution >= 4 is 11.9 Å². The van der Waals surface area contributed by atoms with E-state index in [9.17, 15) is 9.59 Å². The highest BCUT2D eigenvalue weighted by atomic mass is 16.5. The Kier molecular flexibility index (Phi) is 4.66. The lowest BCUT2D eigenvalue weighted by Gasteiger charge is -2.06. The van der Waals surface area contributed by atoms with E-state index >= 15 is 0 Å². The lowest BCUT2D eigenvalue weighted by molar-refractivity contribution is 0.0599. The second kappa shape index (κ2) is 6.88. The van der Waals surface area contributed by atoms with Crippen molar-refractivity contribution in [2.24, 2.45) is 0 Å². The van der Waals surface area contributed by atoms with Gasteiger partial charge in [0.2, 0.25) is 0 Å². The molecule has 6 heteroatoms. The molecule has 0 spiro atoms. The van der Waals surface area contributed by atoms with Crippen molar-refractivity contribution in [1.82, 2.24) is 5.32 Å². The van der Waals surface area contributed by atoms with Gasteiger partial charge in [-0.25, -0.2) is 9.59 Å². The van der Waals surface area contributed by atoms with E-state index < -0.39 is 11.9 Å². The standard InChI is InChI=1S/C18H19NO5/c1-22-17(20)12-7-11(8-13(9-12)18(21)23-2)16-6-5-15(24-16)10-19-14-3-4-14/h5-9,14,19H,3-4,10H2,1-2H3. The molecule has 2 aromatic rings. The number of esters is 2. The fraction of sp³-hybridized carbons (Fsp3) is 0.333. The molecule has 1 fully saturated rings. The van der Waals surface area contributed by atoms with Gasteiger partial charge in [-0.2, -0.15) is 0 Å². The van der Waals surface area contributed by atoms with Crippen molar-refractivity contribution in [1.29, 1.82) is 0 Å². The minimum atomic E-state index is -0.524. The zero-order valence-electron chi connectivity index (χ0n) is 13.6. The Morgan fingerprint density at radius 2 is 1.71 bits per heavy atom. The summed E-state index contributed by atoms with van der Waals surface area (Å²) in [7, 11) is 2.59. The zero-order chi connectivity index (χ0) is 17.1. The van der Waals surface area contributed by atoms with Crippen LogP contribution in [0.3, 0.4) is 0 Å². The number of ether oxygens (including phenoxy) is 2. The van der Waals surface area contributed by atoms with Crippen LogP contribution in [-0.4, -0.2) is 32.2 Å². The first kappa shape index (κ1) is 16.3. The van der Waals surface area contributed by atoms with Crippen LogP contribution in [0.4, 0.5) is 0 Å². The maximum absolute atomic E-state index is 11.8. The monoisotopic (exact) mass is 329 g/mol. The van der Waals surface area contributed by atoms with Gasteiger partial charge in [-0.1, -0.05) is 0 Å². The van der Waals surface area contributed by atoms with Crippen LogP contribution in [-0.2, 0) is 16.0 Å². The predicted molar refractivity (Wildman–Crippen MR) is 86.7 cm³/mol. The third-order valence-corrected chi connectivity index (χ3v) is 3.86. The highest BCUT2D eigenvalue weighted by Gasteiger charge is 2.21. The smallest absolute Gasteiger partial charge is 0.337 e. The quantitative estimate of drug-likeness (QED) is 0.821. The van der Waals surface area contributed by atoms with Crippen molar-refractivity contribution in [3.63, 3.8) is 0 Å². The summed E-state index contributed by atoms with van der Waals surface area (Å²) in [6.07, 6.45) is 2.41. The van der Waals surface area contributed by atoms with E-state index in [-0.39, 0.29) is 11.1 Å². The number of furan rings is 1. The van der Waals surface area contributed by atoms with Crippen LogP contribution in [0.25, 0.3) is 11.3 Å². The van der Waals surface area contributed by atoms with Gasteiger partial charge in [-0.05, 0) is 43.2 Å². The number of nitrogens with one attached hydrogen (secondary N) is 1. The molecule has 0 saturated heterocycles. The number of hydrogen-bond acceptors (Lipinski definition) is 6. The lowest BCUT2D eigenvalue weighted by atomic mass is 10.0. The van der Waals surface area contributed by atoms with E-state index in [4.69, 9.17) is 13.9 Å². The van der Waals surface area contributed by atoms with Gasteiger partial charge >= 0.3 is 11.9 Å². The van der Waals surface area contributed by atoms with Crippen LogP contribution in [0.15, 0.2) is 34.7 Å². The average molecular weight is 329 g/mol. The molecule has 6 nitrogen and oxygen atoms in total. The number of hydrogen-bond donors (Lipinski definition) is 1. The fourth-order valence-electron chi connectivity index (χ4n) is 2.40. The third-order valence-electron chi connectivity index (χ3n) is 3.86. The molecule has 0 aliphatic heterocycles. The van der Waals surface area contributed by atoms with Crippen LogP contribution in [0.2, 0.25) is 0 Å². The maximum Gasteiger partial charge on any atom is 0.337 e. The molecule has 1 aromatic carbocycles. The molecule has 0 bridgehead atoms. The van der Waals surface area contributed by atoms with Gasteiger partial charge in [0.15, 0.2) is 0 Å². The molecule has 126 valence electrons. The van der Waals surface area contributed by atoms with Gasteiger partial charge < -0.3 is 19.2 Å². The molecular weight excluding hydrogens is 310 g/mol. The summed E-state index contributed by atoms with van der Waals surface area (Å²) in [5.41, 5.74) is 1.16. The van der Waals surface area contributed by atoms with Gasteiger partial charge in [0, 0.05) is 11.6 Å². The van der Waals surface area contributed by atoms with Gasteiger partial charge in [-0.15, -0.1) is 0 Å².